The minimum Gasteiger partial charge on any atom is -0.488 e. The Bertz CT molecular complexity index is 1770. The maximum absolute atomic E-state index is 14.8. The van der Waals surface area contributed by atoms with E-state index in [4.69, 9.17) is 4.74 Å². The van der Waals surface area contributed by atoms with Gasteiger partial charge in [0.25, 0.3) is 0 Å². The van der Waals surface area contributed by atoms with Crippen LogP contribution in [0.5, 0.6) is 5.75 Å². The molecule has 12 heteroatoms. The summed E-state index contributed by atoms with van der Waals surface area (Å²) in [7, 11) is 1.87. The number of ether oxygens (including phenoxy) is 1. The number of aliphatic hydroxyl groups is 1. The lowest BCUT2D eigenvalue weighted by molar-refractivity contribution is -0.124. The van der Waals surface area contributed by atoms with E-state index in [1.165, 1.54) is 18.3 Å². The van der Waals surface area contributed by atoms with Crippen molar-refractivity contribution in [1.29, 1.82) is 0 Å². The largest absolute Gasteiger partial charge is 0.488 e. The number of rotatable bonds is 10. The number of aromatic nitrogens is 5. The van der Waals surface area contributed by atoms with Gasteiger partial charge in [-0.2, -0.15) is 8.78 Å². The second kappa shape index (κ2) is 13.5. The summed E-state index contributed by atoms with van der Waals surface area (Å²) in [6, 6.07) is 18.5. The van der Waals surface area contributed by atoms with Gasteiger partial charge in [-0.25, -0.2) is 13.5 Å². The Morgan fingerprint density at radius 2 is 1.68 bits per heavy atom. The molecular weight excluding hydrogens is 576 g/mol. The number of hydrogen-bond acceptors (Lipinski definition) is 7. The highest BCUT2D eigenvalue weighted by atomic mass is 19.3. The SMILES string of the molecule is CNCc1ccc(COc2ccc(C#Cc3ccc(C(F)(F)C(O)Cn4cnnn4)nc3)cc2-c2ccc(F)cc2F)cc1. The third-order valence-electron chi connectivity index (χ3n) is 6.63. The Balaban J connectivity index is 1.36. The van der Waals surface area contributed by atoms with Crippen molar-refractivity contribution in [3.05, 3.63) is 125 Å². The Hall–Kier alpha value is -5.12. The molecular formula is C32H26F4N6O2. The van der Waals surface area contributed by atoms with Crippen LogP contribution < -0.4 is 10.1 Å². The van der Waals surface area contributed by atoms with E-state index in [9.17, 15) is 22.7 Å². The van der Waals surface area contributed by atoms with Crippen LogP contribution in [-0.4, -0.2) is 43.4 Å². The quantitative estimate of drug-likeness (QED) is 0.174. The number of benzene rings is 3. The number of nitrogens with one attached hydrogen (secondary N) is 1. The zero-order valence-corrected chi connectivity index (χ0v) is 23.4. The normalized spacial score (nSPS) is 12.0. The number of nitrogens with zero attached hydrogens (tertiary/aromatic N) is 5. The smallest absolute Gasteiger partial charge is 0.316 e. The Morgan fingerprint density at radius 1 is 0.932 bits per heavy atom. The van der Waals surface area contributed by atoms with E-state index in [1.54, 1.807) is 18.2 Å². The molecule has 1 unspecified atom stereocenters. The summed E-state index contributed by atoms with van der Waals surface area (Å²) in [6.07, 6.45) is 0.170. The van der Waals surface area contributed by atoms with Gasteiger partial charge >= 0.3 is 5.92 Å². The van der Waals surface area contributed by atoms with Crippen molar-refractivity contribution in [2.45, 2.75) is 31.7 Å². The van der Waals surface area contributed by atoms with Gasteiger partial charge in [0, 0.05) is 41.1 Å². The highest BCUT2D eigenvalue weighted by Crippen LogP contribution is 2.34. The molecule has 0 bridgehead atoms. The van der Waals surface area contributed by atoms with Crippen LogP contribution in [0.3, 0.4) is 0 Å². The highest BCUT2D eigenvalue weighted by molar-refractivity contribution is 5.73. The molecule has 0 saturated heterocycles. The van der Waals surface area contributed by atoms with Crippen molar-refractivity contribution in [2.24, 2.45) is 0 Å². The van der Waals surface area contributed by atoms with E-state index in [0.717, 1.165) is 46.9 Å². The Labute approximate surface area is 250 Å². The van der Waals surface area contributed by atoms with Gasteiger partial charge in [-0.1, -0.05) is 36.1 Å². The summed E-state index contributed by atoms with van der Waals surface area (Å²) < 4.78 is 65.0. The van der Waals surface area contributed by atoms with Crippen LogP contribution in [0.4, 0.5) is 17.6 Å². The van der Waals surface area contributed by atoms with Crippen molar-refractivity contribution in [1.82, 2.24) is 30.5 Å². The van der Waals surface area contributed by atoms with Gasteiger partial charge in [-0.05, 0) is 71.1 Å². The van der Waals surface area contributed by atoms with Gasteiger partial charge in [0.15, 0.2) is 0 Å². The molecule has 0 aliphatic carbocycles. The van der Waals surface area contributed by atoms with Gasteiger partial charge < -0.3 is 15.2 Å². The summed E-state index contributed by atoms with van der Waals surface area (Å²) in [5.41, 5.74) is 2.67. The number of aliphatic hydroxyl groups excluding tert-OH is 1. The molecule has 3 aromatic carbocycles. The van der Waals surface area contributed by atoms with Gasteiger partial charge in [0.2, 0.25) is 0 Å². The molecule has 2 heterocycles. The molecule has 8 nitrogen and oxygen atoms in total. The minimum atomic E-state index is -3.67. The fourth-order valence-electron chi connectivity index (χ4n) is 4.31. The standard InChI is InChI=1S/C32H26F4N6O2/c1-37-16-22-4-6-24(7-5-22)19-44-29-12-8-21(14-27(29)26-11-10-25(33)15-28(26)34)2-3-23-9-13-30(38-17-23)32(35,36)31(43)18-42-20-39-40-41-42/h4-15,17,20,31,37,43H,16,18-19H2,1H3. The molecule has 0 aliphatic heterocycles. The van der Waals surface area contributed by atoms with E-state index in [1.807, 2.05) is 31.3 Å². The van der Waals surface area contributed by atoms with Crippen LogP contribution in [0.25, 0.3) is 11.1 Å². The molecule has 0 fully saturated rings. The lowest BCUT2D eigenvalue weighted by Gasteiger charge is -2.21. The molecule has 0 amide bonds. The third kappa shape index (κ3) is 7.26. The van der Waals surface area contributed by atoms with Gasteiger partial charge in [0.1, 0.15) is 42.1 Å². The van der Waals surface area contributed by atoms with Crippen LogP contribution in [0.15, 0.2) is 85.3 Å². The molecule has 0 spiro atoms. The second-order valence-corrected chi connectivity index (χ2v) is 9.82. The number of pyridine rings is 1. The molecule has 2 aromatic heterocycles. The fourth-order valence-corrected chi connectivity index (χ4v) is 4.31. The first-order valence-electron chi connectivity index (χ1n) is 13.4. The van der Waals surface area contributed by atoms with Crippen molar-refractivity contribution >= 4 is 0 Å². The predicted molar refractivity (Wildman–Crippen MR) is 153 cm³/mol. The van der Waals surface area contributed by atoms with Crippen LogP contribution in [-0.2, 0) is 25.6 Å². The summed E-state index contributed by atoms with van der Waals surface area (Å²) in [5, 5.41) is 23.3. The van der Waals surface area contributed by atoms with E-state index in [2.05, 4.69) is 37.7 Å². The number of alkyl halides is 2. The molecule has 0 radical (unpaired) electrons. The molecule has 0 saturated carbocycles. The zero-order chi connectivity index (χ0) is 31.1. The van der Waals surface area contributed by atoms with E-state index >= 15 is 0 Å². The summed E-state index contributed by atoms with van der Waals surface area (Å²) in [4.78, 5) is 3.80. The second-order valence-electron chi connectivity index (χ2n) is 9.82. The Morgan fingerprint density at radius 3 is 2.36 bits per heavy atom. The molecule has 5 aromatic rings. The summed E-state index contributed by atoms with van der Waals surface area (Å²) >= 11 is 0. The molecule has 224 valence electrons. The van der Waals surface area contributed by atoms with Crippen LogP contribution in [0.2, 0.25) is 0 Å². The maximum atomic E-state index is 14.8. The molecule has 5 rings (SSSR count). The van der Waals surface area contributed by atoms with Crippen molar-refractivity contribution in [3.8, 4) is 28.7 Å². The molecule has 44 heavy (non-hydrogen) atoms. The minimum absolute atomic E-state index is 0.128. The lowest BCUT2D eigenvalue weighted by atomic mass is 10.0. The summed E-state index contributed by atoms with van der Waals surface area (Å²) in [6.45, 7) is 0.424. The average molecular weight is 603 g/mol. The van der Waals surface area contributed by atoms with Crippen LogP contribution >= 0.6 is 0 Å². The summed E-state index contributed by atoms with van der Waals surface area (Å²) in [5.74, 6) is 0.994. The van der Waals surface area contributed by atoms with Crippen LogP contribution in [0.1, 0.15) is 27.9 Å². The molecule has 0 aliphatic rings. The van der Waals surface area contributed by atoms with E-state index in [0.29, 0.717) is 22.4 Å². The van der Waals surface area contributed by atoms with Gasteiger partial charge in [-0.15, -0.1) is 5.10 Å². The monoisotopic (exact) mass is 602 g/mol. The van der Waals surface area contributed by atoms with Crippen LogP contribution in [0, 0.1) is 23.5 Å². The number of halogens is 4. The fraction of sp³-hybridized carbons (Fsp3) is 0.188. The first kappa shape index (κ1) is 30.3. The maximum Gasteiger partial charge on any atom is 0.316 e. The predicted octanol–water partition coefficient (Wildman–Crippen LogP) is 4.86. The average Bonchev–Trinajstić information content (AvgIpc) is 3.53. The third-order valence-corrected chi connectivity index (χ3v) is 6.63. The van der Waals surface area contributed by atoms with Crippen molar-refractivity contribution in [3.63, 3.8) is 0 Å². The van der Waals surface area contributed by atoms with Gasteiger partial charge in [0.05, 0.1) is 6.54 Å². The zero-order valence-electron chi connectivity index (χ0n) is 23.4. The number of hydrogen-bond donors (Lipinski definition) is 2. The van der Waals surface area contributed by atoms with Crippen molar-refractivity contribution in [2.75, 3.05) is 7.05 Å². The first-order valence-corrected chi connectivity index (χ1v) is 13.4. The highest BCUT2D eigenvalue weighted by Gasteiger charge is 2.42. The topological polar surface area (TPSA) is 98.0 Å². The Kier molecular flexibility index (Phi) is 9.28. The van der Waals surface area contributed by atoms with Crippen molar-refractivity contribution < 1.29 is 27.4 Å². The molecule has 1 atom stereocenters. The lowest BCUT2D eigenvalue weighted by Crippen LogP contribution is -2.35. The van der Waals surface area contributed by atoms with E-state index < -0.39 is 35.9 Å². The van der Waals surface area contributed by atoms with Gasteiger partial charge in [-0.3, -0.25) is 4.98 Å². The number of tetrazole rings is 1. The first-order chi connectivity index (χ1) is 21.2. The molecule has 2 N–H and O–H groups in total. The van der Waals surface area contributed by atoms with E-state index in [-0.39, 0.29) is 12.2 Å².